The molecule has 1 aromatic rings. The zero-order valence-corrected chi connectivity index (χ0v) is 15.0. The van der Waals surface area contributed by atoms with Crippen LogP contribution in [0.3, 0.4) is 0 Å². The monoisotopic (exact) mass is 327 g/mol. The number of halogens is 1. The van der Waals surface area contributed by atoms with Gasteiger partial charge in [-0.1, -0.05) is 12.1 Å². The number of hydrogen-bond acceptors (Lipinski definition) is 3. The summed E-state index contributed by atoms with van der Waals surface area (Å²) in [6.07, 6.45) is 0.961. The van der Waals surface area contributed by atoms with Crippen LogP contribution in [0.2, 0.25) is 0 Å². The Labute approximate surface area is 140 Å². The first-order valence-corrected chi connectivity index (χ1v) is 7.78. The fraction of sp³-hybridized carbons (Fsp3) is 0.588. The molecule has 0 radical (unpaired) electrons. The van der Waals surface area contributed by atoms with Gasteiger partial charge >= 0.3 is 0 Å². The Bertz CT molecular complexity index is 424. The number of carbonyl (C=O) groups excluding carboxylic acids is 1. The lowest BCUT2D eigenvalue weighted by atomic mass is 10.1. The Balaban J connectivity index is 0.00000441. The second-order valence-electron chi connectivity index (χ2n) is 5.94. The molecule has 5 heteroatoms. The second-order valence-corrected chi connectivity index (χ2v) is 5.94. The lowest BCUT2D eigenvalue weighted by Gasteiger charge is -2.30. The lowest BCUT2D eigenvalue weighted by Crippen LogP contribution is -2.39. The van der Waals surface area contributed by atoms with E-state index in [1.165, 1.54) is 0 Å². The highest BCUT2D eigenvalue weighted by Gasteiger charge is 2.12. The molecule has 0 saturated carbocycles. The quantitative estimate of drug-likeness (QED) is 0.722. The van der Waals surface area contributed by atoms with E-state index in [0.29, 0.717) is 30.7 Å². The van der Waals surface area contributed by atoms with E-state index >= 15 is 0 Å². The zero-order valence-electron chi connectivity index (χ0n) is 14.1. The van der Waals surface area contributed by atoms with Crippen LogP contribution < -0.4 is 11.1 Å². The molecule has 0 saturated heterocycles. The number of carbonyl (C=O) groups is 1. The summed E-state index contributed by atoms with van der Waals surface area (Å²) in [5, 5.41) is 2.97. The highest BCUT2D eigenvalue weighted by atomic mass is 35.5. The van der Waals surface area contributed by atoms with Crippen LogP contribution in [0.1, 0.15) is 50.0 Å². The summed E-state index contributed by atoms with van der Waals surface area (Å²) in [5.74, 6) is -0.0146. The maximum atomic E-state index is 12.0. The molecule has 0 aliphatic heterocycles. The molecule has 22 heavy (non-hydrogen) atoms. The average Bonchev–Trinajstić information content (AvgIpc) is 2.46. The van der Waals surface area contributed by atoms with E-state index in [-0.39, 0.29) is 18.3 Å². The van der Waals surface area contributed by atoms with E-state index in [4.69, 9.17) is 5.73 Å². The molecule has 1 aromatic carbocycles. The van der Waals surface area contributed by atoms with Gasteiger partial charge in [0, 0.05) is 37.3 Å². The predicted molar refractivity (Wildman–Crippen MR) is 95.5 cm³/mol. The van der Waals surface area contributed by atoms with Crippen molar-refractivity contribution in [2.45, 2.75) is 52.7 Å². The largest absolute Gasteiger partial charge is 0.352 e. The first kappa shape index (κ1) is 20.9. The Kier molecular flexibility index (Phi) is 10.1. The van der Waals surface area contributed by atoms with Gasteiger partial charge in [-0.15, -0.1) is 12.4 Å². The van der Waals surface area contributed by atoms with Crippen molar-refractivity contribution in [2.24, 2.45) is 5.73 Å². The van der Waals surface area contributed by atoms with Gasteiger partial charge in [0.25, 0.3) is 5.91 Å². The van der Waals surface area contributed by atoms with Gasteiger partial charge in [0.2, 0.25) is 0 Å². The number of benzene rings is 1. The summed E-state index contributed by atoms with van der Waals surface area (Å²) < 4.78 is 0. The minimum Gasteiger partial charge on any atom is -0.352 e. The third-order valence-corrected chi connectivity index (χ3v) is 3.66. The van der Waals surface area contributed by atoms with Gasteiger partial charge in [-0.3, -0.25) is 9.69 Å². The van der Waals surface area contributed by atoms with Crippen molar-refractivity contribution >= 4 is 18.3 Å². The lowest BCUT2D eigenvalue weighted by molar-refractivity contribution is 0.0949. The molecule has 1 amide bonds. The fourth-order valence-electron chi connectivity index (χ4n) is 2.47. The molecule has 0 spiro atoms. The van der Waals surface area contributed by atoms with E-state index in [0.717, 1.165) is 18.5 Å². The topological polar surface area (TPSA) is 58.4 Å². The summed E-state index contributed by atoms with van der Waals surface area (Å²) in [5.41, 5.74) is 7.28. The van der Waals surface area contributed by atoms with Crippen molar-refractivity contribution in [1.29, 1.82) is 0 Å². The van der Waals surface area contributed by atoms with Gasteiger partial charge in [-0.2, -0.15) is 0 Å². The van der Waals surface area contributed by atoms with Gasteiger partial charge in [-0.25, -0.2) is 0 Å². The van der Waals surface area contributed by atoms with Crippen LogP contribution in [-0.4, -0.2) is 36.0 Å². The fourth-order valence-corrected chi connectivity index (χ4v) is 2.47. The molecule has 3 N–H and O–H groups in total. The molecule has 0 aromatic heterocycles. The van der Waals surface area contributed by atoms with Crippen molar-refractivity contribution in [3.05, 3.63) is 35.4 Å². The molecule has 0 unspecified atom stereocenters. The highest BCUT2D eigenvalue weighted by molar-refractivity contribution is 5.94. The van der Waals surface area contributed by atoms with Crippen molar-refractivity contribution < 1.29 is 4.79 Å². The number of nitrogens with one attached hydrogen (secondary N) is 1. The highest BCUT2D eigenvalue weighted by Crippen LogP contribution is 2.06. The Hall–Kier alpha value is -1.10. The van der Waals surface area contributed by atoms with Crippen LogP contribution in [0.15, 0.2) is 24.3 Å². The van der Waals surface area contributed by atoms with Gasteiger partial charge in [0.15, 0.2) is 0 Å². The first-order chi connectivity index (χ1) is 9.95. The van der Waals surface area contributed by atoms with Crippen LogP contribution in [0.5, 0.6) is 0 Å². The molecule has 0 aliphatic carbocycles. The Morgan fingerprint density at radius 2 is 1.68 bits per heavy atom. The van der Waals surface area contributed by atoms with Crippen LogP contribution >= 0.6 is 12.4 Å². The standard InChI is InChI=1S/C17H29N3O.ClH/c1-13(2)20(14(3)4)11-5-10-19-17(21)16-8-6-15(12-18)7-9-16;/h6-9,13-14H,5,10-12,18H2,1-4H3,(H,19,21);1H. The molecule has 1 rings (SSSR count). The third-order valence-electron chi connectivity index (χ3n) is 3.66. The normalized spacial score (nSPS) is 10.9. The van der Waals surface area contributed by atoms with Crippen molar-refractivity contribution in [3.63, 3.8) is 0 Å². The summed E-state index contributed by atoms with van der Waals surface area (Å²) in [6, 6.07) is 8.51. The molecule has 126 valence electrons. The van der Waals surface area contributed by atoms with Gasteiger partial charge < -0.3 is 11.1 Å². The number of hydrogen-bond donors (Lipinski definition) is 2. The summed E-state index contributed by atoms with van der Waals surface area (Å²) in [6.45, 7) is 11.0. The van der Waals surface area contributed by atoms with Crippen LogP contribution in [0.25, 0.3) is 0 Å². The van der Waals surface area contributed by atoms with Crippen LogP contribution in [-0.2, 0) is 6.54 Å². The number of nitrogens with zero attached hydrogens (tertiary/aromatic N) is 1. The van der Waals surface area contributed by atoms with Gasteiger partial charge in [-0.05, 0) is 51.8 Å². The Morgan fingerprint density at radius 1 is 1.14 bits per heavy atom. The minimum absolute atomic E-state index is 0. The molecule has 0 bridgehead atoms. The number of rotatable bonds is 8. The van der Waals surface area contributed by atoms with Crippen molar-refractivity contribution in [3.8, 4) is 0 Å². The summed E-state index contributed by atoms with van der Waals surface area (Å²) in [7, 11) is 0. The van der Waals surface area contributed by atoms with E-state index in [1.54, 1.807) is 0 Å². The average molecular weight is 328 g/mol. The smallest absolute Gasteiger partial charge is 0.251 e. The van der Waals surface area contributed by atoms with E-state index in [1.807, 2.05) is 24.3 Å². The maximum Gasteiger partial charge on any atom is 0.251 e. The molecule has 0 heterocycles. The summed E-state index contributed by atoms with van der Waals surface area (Å²) >= 11 is 0. The minimum atomic E-state index is -0.0146. The summed E-state index contributed by atoms with van der Waals surface area (Å²) in [4.78, 5) is 14.4. The van der Waals surface area contributed by atoms with Crippen LogP contribution in [0, 0.1) is 0 Å². The van der Waals surface area contributed by atoms with Crippen molar-refractivity contribution in [2.75, 3.05) is 13.1 Å². The Morgan fingerprint density at radius 3 is 2.14 bits per heavy atom. The number of amides is 1. The maximum absolute atomic E-state index is 12.0. The second kappa shape index (κ2) is 10.6. The SMILES string of the molecule is CC(C)N(CCCNC(=O)c1ccc(CN)cc1)C(C)C.Cl. The predicted octanol–water partition coefficient (Wildman–Crippen LogP) is 2.81. The molecular formula is C17H30ClN3O. The third kappa shape index (κ3) is 6.77. The zero-order chi connectivity index (χ0) is 15.8. The van der Waals surface area contributed by atoms with E-state index in [2.05, 4.69) is 37.9 Å². The molecule has 0 fully saturated rings. The number of nitrogens with two attached hydrogens (primary N) is 1. The van der Waals surface area contributed by atoms with Gasteiger partial charge in [0.1, 0.15) is 0 Å². The molecule has 0 atom stereocenters. The molecular weight excluding hydrogens is 298 g/mol. The van der Waals surface area contributed by atoms with Gasteiger partial charge in [0.05, 0.1) is 0 Å². The van der Waals surface area contributed by atoms with Crippen molar-refractivity contribution in [1.82, 2.24) is 10.2 Å². The van der Waals surface area contributed by atoms with Crippen LogP contribution in [0.4, 0.5) is 0 Å². The molecule has 4 nitrogen and oxygen atoms in total. The van der Waals surface area contributed by atoms with E-state index < -0.39 is 0 Å². The van der Waals surface area contributed by atoms with E-state index in [9.17, 15) is 4.79 Å². The first-order valence-electron chi connectivity index (χ1n) is 7.78. The molecule has 0 aliphatic rings.